The number of rotatable bonds is 4. The van der Waals surface area contributed by atoms with Crippen LogP contribution in [0.25, 0.3) is 0 Å². The van der Waals surface area contributed by atoms with E-state index < -0.39 is 12.0 Å². The van der Waals surface area contributed by atoms with E-state index >= 15 is 0 Å². The summed E-state index contributed by atoms with van der Waals surface area (Å²) in [6, 6.07) is 7.46. The Morgan fingerprint density at radius 2 is 1.84 bits per heavy atom. The highest BCUT2D eigenvalue weighted by atomic mass is 79.9. The molecule has 0 unspecified atom stereocenters. The maximum Gasteiger partial charge on any atom is 0.321 e. The zero-order chi connectivity index (χ0) is 13.8. The fourth-order valence-electron chi connectivity index (χ4n) is 2.35. The smallest absolute Gasteiger partial charge is 0.321 e. The van der Waals surface area contributed by atoms with E-state index in [0.29, 0.717) is 6.42 Å². The number of carboxylic acid groups (broad SMARTS) is 1. The number of carboxylic acids is 1. The molecule has 2 rings (SSSR count). The van der Waals surface area contributed by atoms with E-state index in [-0.39, 0.29) is 0 Å². The van der Waals surface area contributed by atoms with Gasteiger partial charge in [0.2, 0.25) is 0 Å². The molecule has 0 radical (unpaired) electrons. The van der Waals surface area contributed by atoms with E-state index in [1.54, 1.807) is 0 Å². The van der Waals surface area contributed by atoms with Crippen LogP contribution in [0.3, 0.4) is 0 Å². The van der Waals surface area contributed by atoms with Gasteiger partial charge in [0.25, 0.3) is 0 Å². The van der Waals surface area contributed by atoms with Crippen LogP contribution in [0.15, 0.2) is 28.7 Å². The van der Waals surface area contributed by atoms with Crippen molar-refractivity contribution in [2.45, 2.75) is 12.5 Å². The van der Waals surface area contributed by atoms with Crippen molar-refractivity contribution >= 4 is 21.9 Å². The van der Waals surface area contributed by atoms with Crippen LogP contribution >= 0.6 is 15.9 Å². The lowest BCUT2D eigenvalue weighted by molar-refractivity contribution is -0.144. The van der Waals surface area contributed by atoms with Crippen LogP contribution < -0.4 is 0 Å². The fraction of sp³-hybridized carbons (Fsp3) is 0.500. The molecule has 0 saturated carbocycles. The average molecular weight is 327 g/mol. The molecule has 104 valence electrons. The predicted octanol–water partition coefficient (Wildman–Crippen LogP) is 1.69. The number of hydrogen-bond donors (Lipinski definition) is 1. The van der Waals surface area contributed by atoms with Crippen molar-refractivity contribution < 1.29 is 9.90 Å². The van der Waals surface area contributed by atoms with Gasteiger partial charge >= 0.3 is 5.97 Å². The third-order valence-corrected chi connectivity index (χ3v) is 4.13. The predicted molar refractivity (Wildman–Crippen MR) is 78.3 cm³/mol. The van der Waals surface area contributed by atoms with Gasteiger partial charge in [0.15, 0.2) is 0 Å². The maximum absolute atomic E-state index is 11.5. The molecular formula is C14H19BrN2O2. The van der Waals surface area contributed by atoms with Crippen molar-refractivity contribution in [3.05, 3.63) is 34.3 Å². The Bertz CT molecular complexity index is 428. The average Bonchev–Trinajstić information content (AvgIpc) is 2.39. The van der Waals surface area contributed by atoms with Gasteiger partial charge in [-0.15, -0.1) is 0 Å². The molecule has 1 fully saturated rings. The second-order valence-corrected chi connectivity index (χ2v) is 5.94. The lowest BCUT2D eigenvalue weighted by Gasteiger charge is -2.36. The minimum atomic E-state index is -0.729. The van der Waals surface area contributed by atoms with E-state index in [4.69, 9.17) is 0 Å². The van der Waals surface area contributed by atoms with Crippen molar-refractivity contribution in [3.8, 4) is 0 Å². The molecule has 1 heterocycles. The van der Waals surface area contributed by atoms with Gasteiger partial charge in [0.1, 0.15) is 6.04 Å². The van der Waals surface area contributed by atoms with Crippen molar-refractivity contribution in [2.75, 3.05) is 33.2 Å². The number of likely N-dealkylation sites (N-methyl/N-ethyl adjacent to an activating group) is 1. The van der Waals surface area contributed by atoms with Crippen LogP contribution in [-0.4, -0.2) is 60.1 Å². The highest BCUT2D eigenvalue weighted by molar-refractivity contribution is 9.10. The van der Waals surface area contributed by atoms with Crippen LogP contribution in [0.1, 0.15) is 5.56 Å². The molecule has 4 nitrogen and oxygen atoms in total. The zero-order valence-corrected chi connectivity index (χ0v) is 12.6. The van der Waals surface area contributed by atoms with Gasteiger partial charge in [-0.1, -0.05) is 28.1 Å². The highest BCUT2D eigenvalue weighted by Crippen LogP contribution is 2.15. The van der Waals surface area contributed by atoms with Crippen LogP contribution in [0.5, 0.6) is 0 Å². The van der Waals surface area contributed by atoms with Gasteiger partial charge < -0.3 is 10.0 Å². The molecule has 1 aromatic carbocycles. The highest BCUT2D eigenvalue weighted by Gasteiger charge is 2.28. The molecule has 0 bridgehead atoms. The summed E-state index contributed by atoms with van der Waals surface area (Å²) in [6.45, 7) is 3.52. The first-order valence-corrected chi connectivity index (χ1v) is 7.25. The van der Waals surface area contributed by atoms with Gasteiger partial charge in [-0.05, 0) is 31.2 Å². The van der Waals surface area contributed by atoms with Gasteiger partial charge in [0, 0.05) is 30.7 Å². The monoisotopic (exact) mass is 326 g/mol. The molecule has 1 aromatic rings. The van der Waals surface area contributed by atoms with Crippen molar-refractivity contribution in [2.24, 2.45) is 0 Å². The molecule has 19 heavy (non-hydrogen) atoms. The Labute approximate surface area is 122 Å². The molecule has 1 N–H and O–H groups in total. The summed E-state index contributed by atoms with van der Waals surface area (Å²) in [5.74, 6) is -0.729. The molecule has 1 aliphatic heterocycles. The number of aliphatic carboxylic acids is 1. The van der Waals surface area contributed by atoms with Crippen LogP contribution in [-0.2, 0) is 11.2 Å². The molecule has 0 spiro atoms. The van der Waals surface area contributed by atoms with E-state index in [2.05, 4.69) is 32.8 Å². The molecule has 0 amide bonds. The number of carbonyl (C=O) groups is 1. The summed E-state index contributed by atoms with van der Waals surface area (Å²) in [5, 5.41) is 9.44. The summed E-state index contributed by atoms with van der Waals surface area (Å²) >= 11 is 3.39. The quantitative estimate of drug-likeness (QED) is 0.914. The first-order valence-electron chi connectivity index (χ1n) is 6.46. The Morgan fingerprint density at radius 3 is 2.37 bits per heavy atom. The Balaban J connectivity index is 2.04. The largest absolute Gasteiger partial charge is 0.480 e. The third-order valence-electron chi connectivity index (χ3n) is 3.61. The van der Waals surface area contributed by atoms with E-state index in [9.17, 15) is 9.90 Å². The standard InChI is InChI=1S/C14H19BrN2O2/c1-16-6-8-17(9-7-16)13(14(18)19)10-11-2-4-12(15)5-3-11/h2-5,13H,6-10H2,1H3,(H,18,19)/t13-/m0/s1. The number of piperazine rings is 1. The molecule has 0 aromatic heterocycles. The second kappa shape index (κ2) is 6.50. The Hall–Kier alpha value is -0.910. The summed E-state index contributed by atoms with van der Waals surface area (Å²) in [6.07, 6.45) is 0.562. The molecular weight excluding hydrogens is 308 g/mol. The Morgan fingerprint density at radius 1 is 1.26 bits per heavy atom. The van der Waals surface area contributed by atoms with Crippen molar-refractivity contribution in [3.63, 3.8) is 0 Å². The number of hydrogen-bond acceptors (Lipinski definition) is 3. The maximum atomic E-state index is 11.5. The van der Waals surface area contributed by atoms with Crippen molar-refractivity contribution in [1.82, 2.24) is 9.80 Å². The van der Waals surface area contributed by atoms with E-state index in [0.717, 1.165) is 36.2 Å². The van der Waals surface area contributed by atoms with Gasteiger partial charge in [-0.25, -0.2) is 0 Å². The van der Waals surface area contributed by atoms with Crippen LogP contribution in [0.4, 0.5) is 0 Å². The number of nitrogens with zero attached hydrogens (tertiary/aromatic N) is 2. The van der Waals surface area contributed by atoms with Crippen LogP contribution in [0.2, 0.25) is 0 Å². The van der Waals surface area contributed by atoms with Crippen molar-refractivity contribution in [1.29, 1.82) is 0 Å². The normalized spacial score (nSPS) is 19.3. The summed E-state index contributed by atoms with van der Waals surface area (Å²) in [4.78, 5) is 15.8. The molecule has 5 heteroatoms. The zero-order valence-electron chi connectivity index (χ0n) is 11.1. The van der Waals surface area contributed by atoms with E-state index in [1.807, 2.05) is 24.3 Å². The summed E-state index contributed by atoms with van der Waals surface area (Å²) in [5.41, 5.74) is 1.06. The fourth-order valence-corrected chi connectivity index (χ4v) is 2.61. The lowest BCUT2D eigenvalue weighted by atomic mass is 10.0. The topological polar surface area (TPSA) is 43.8 Å². The summed E-state index contributed by atoms with van der Waals surface area (Å²) < 4.78 is 1.02. The van der Waals surface area contributed by atoms with Crippen LogP contribution in [0, 0.1) is 0 Å². The number of benzene rings is 1. The van der Waals surface area contributed by atoms with Gasteiger partial charge in [0.05, 0.1) is 0 Å². The van der Waals surface area contributed by atoms with Gasteiger partial charge in [-0.3, -0.25) is 9.69 Å². The molecule has 0 aliphatic carbocycles. The molecule has 1 saturated heterocycles. The Kier molecular flexibility index (Phi) is 4.96. The molecule has 1 atom stereocenters. The third kappa shape index (κ3) is 4.03. The minimum absolute atomic E-state index is 0.421. The summed E-state index contributed by atoms with van der Waals surface area (Å²) in [7, 11) is 2.07. The minimum Gasteiger partial charge on any atom is -0.480 e. The lowest BCUT2D eigenvalue weighted by Crippen LogP contribution is -2.52. The van der Waals surface area contributed by atoms with Gasteiger partial charge in [-0.2, -0.15) is 0 Å². The number of halogens is 1. The van der Waals surface area contributed by atoms with E-state index in [1.165, 1.54) is 0 Å². The first kappa shape index (κ1) is 14.5. The SMILES string of the molecule is CN1CCN([C@@H](Cc2ccc(Br)cc2)C(=O)O)CC1. The molecule has 1 aliphatic rings. The second-order valence-electron chi connectivity index (χ2n) is 5.02. The first-order chi connectivity index (χ1) is 9.06.